The van der Waals surface area contributed by atoms with Gasteiger partial charge in [0.1, 0.15) is 5.69 Å². The van der Waals surface area contributed by atoms with Crippen molar-refractivity contribution in [2.45, 2.75) is 6.42 Å². The van der Waals surface area contributed by atoms with Crippen LogP contribution in [0.5, 0.6) is 0 Å². The van der Waals surface area contributed by atoms with Crippen molar-refractivity contribution in [3.05, 3.63) is 27.8 Å². The number of rotatable bonds is 8. The first-order valence-electron chi connectivity index (χ1n) is 6.20. The average Bonchev–Trinajstić information content (AvgIpc) is 2.39. The molecule has 8 nitrogen and oxygen atoms in total. The summed E-state index contributed by atoms with van der Waals surface area (Å²) in [4.78, 5) is 12.1. The Balaban J connectivity index is 3.27. The predicted molar refractivity (Wildman–Crippen MR) is 74.7 cm³/mol. The monoisotopic (exact) mass is 285 g/mol. The molecule has 0 heterocycles. The second-order valence-corrected chi connectivity index (χ2v) is 4.17. The predicted octanol–water partition coefficient (Wildman–Crippen LogP) is -0.497. The number of aliphatic hydroxyl groups excluding tert-OH is 3. The van der Waals surface area contributed by atoms with Gasteiger partial charge in [0.05, 0.1) is 23.8 Å². The second kappa shape index (κ2) is 7.63. The van der Waals surface area contributed by atoms with Crippen molar-refractivity contribution in [3.63, 3.8) is 0 Å². The minimum atomic E-state index is -0.583. The highest BCUT2D eigenvalue weighted by molar-refractivity contribution is 5.79. The van der Waals surface area contributed by atoms with Crippen LogP contribution < -0.4 is 10.6 Å². The molecule has 0 aromatic heterocycles. The van der Waals surface area contributed by atoms with Gasteiger partial charge < -0.3 is 26.0 Å². The third kappa shape index (κ3) is 3.56. The van der Waals surface area contributed by atoms with Gasteiger partial charge in [-0.15, -0.1) is 0 Å². The van der Waals surface area contributed by atoms with Gasteiger partial charge in [0, 0.05) is 31.7 Å². The summed E-state index contributed by atoms with van der Waals surface area (Å²) in [5, 5.41) is 38.1. The molecule has 1 aromatic rings. The van der Waals surface area contributed by atoms with E-state index in [2.05, 4.69) is 0 Å². The number of nitrogens with zero attached hydrogens (tertiary/aromatic N) is 2. The maximum atomic E-state index is 11.1. The standard InChI is InChI=1S/C12H19N3O5/c13-11-10(14(4-7-17)5-8-18)2-1-9(3-6-16)12(11)15(19)20/h1-2,16-18H,3-8,13H2. The molecular formula is C12H19N3O5. The summed E-state index contributed by atoms with van der Waals surface area (Å²) in [6.45, 7) is -0.115. The maximum absolute atomic E-state index is 11.1. The van der Waals surface area contributed by atoms with Crippen LogP contribution in [-0.2, 0) is 6.42 Å². The second-order valence-electron chi connectivity index (χ2n) is 4.17. The van der Waals surface area contributed by atoms with E-state index >= 15 is 0 Å². The molecule has 0 fully saturated rings. The molecule has 0 unspecified atom stereocenters. The molecule has 0 aliphatic carbocycles. The van der Waals surface area contributed by atoms with Gasteiger partial charge >= 0.3 is 0 Å². The summed E-state index contributed by atoms with van der Waals surface area (Å²) in [5.74, 6) is 0. The van der Waals surface area contributed by atoms with Gasteiger partial charge in [0.25, 0.3) is 5.69 Å². The summed E-state index contributed by atoms with van der Waals surface area (Å²) >= 11 is 0. The topological polar surface area (TPSA) is 133 Å². The Bertz CT molecular complexity index is 461. The van der Waals surface area contributed by atoms with E-state index in [4.69, 9.17) is 21.1 Å². The molecule has 0 saturated carbocycles. The van der Waals surface area contributed by atoms with Crippen LogP contribution in [0.2, 0.25) is 0 Å². The Morgan fingerprint density at radius 2 is 1.75 bits per heavy atom. The highest BCUT2D eigenvalue weighted by Gasteiger charge is 2.23. The normalized spacial score (nSPS) is 10.6. The Kier molecular flexibility index (Phi) is 6.16. The van der Waals surface area contributed by atoms with Crippen LogP contribution in [0.1, 0.15) is 5.56 Å². The summed E-state index contributed by atoms with van der Waals surface area (Å²) in [7, 11) is 0. The van der Waals surface area contributed by atoms with Crippen molar-refractivity contribution in [3.8, 4) is 0 Å². The van der Waals surface area contributed by atoms with Gasteiger partial charge in [0.2, 0.25) is 0 Å². The van der Waals surface area contributed by atoms with Crippen LogP contribution in [0.4, 0.5) is 17.1 Å². The molecule has 8 heteroatoms. The van der Waals surface area contributed by atoms with Gasteiger partial charge in [-0.05, 0) is 12.1 Å². The van der Waals surface area contributed by atoms with Crippen molar-refractivity contribution in [2.24, 2.45) is 0 Å². The summed E-state index contributed by atoms with van der Waals surface area (Å²) in [5.41, 5.74) is 6.33. The minimum Gasteiger partial charge on any atom is -0.396 e. The van der Waals surface area contributed by atoms with Crippen LogP contribution in [0.25, 0.3) is 0 Å². The molecule has 0 atom stereocenters. The van der Waals surface area contributed by atoms with E-state index in [9.17, 15) is 10.1 Å². The number of nitrogens with two attached hydrogens (primary N) is 1. The van der Waals surface area contributed by atoms with Crippen molar-refractivity contribution < 1.29 is 20.2 Å². The molecular weight excluding hydrogens is 266 g/mol. The highest BCUT2D eigenvalue weighted by atomic mass is 16.6. The van der Waals surface area contributed by atoms with Gasteiger partial charge in [-0.25, -0.2) is 0 Å². The van der Waals surface area contributed by atoms with E-state index in [-0.39, 0.29) is 50.7 Å². The molecule has 0 aliphatic rings. The van der Waals surface area contributed by atoms with Crippen LogP contribution in [0.3, 0.4) is 0 Å². The molecule has 0 spiro atoms. The molecule has 0 saturated heterocycles. The number of benzene rings is 1. The van der Waals surface area contributed by atoms with Gasteiger partial charge in [0.15, 0.2) is 0 Å². The molecule has 20 heavy (non-hydrogen) atoms. The summed E-state index contributed by atoms with van der Waals surface area (Å²) in [6, 6.07) is 3.13. The van der Waals surface area contributed by atoms with E-state index in [1.54, 1.807) is 11.0 Å². The first-order valence-corrected chi connectivity index (χ1v) is 6.20. The maximum Gasteiger partial charge on any atom is 0.297 e. The number of nitro benzene ring substituents is 1. The zero-order valence-corrected chi connectivity index (χ0v) is 11.0. The molecule has 112 valence electrons. The SMILES string of the molecule is Nc1c(N(CCO)CCO)ccc(CCO)c1[N+](=O)[O-]. The number of hydrogen-bond acceptors (Lipinski definition) is 7. The van der Waals surface area contributed by atoms with E-state index in [1.165, 1.54) is 6.07 Å². The zero-order chi connectivity index (χ0) is 15.1. The largest absolute Gasteiger partial charge is 0.396 e. The number of aliphatic hydroxyl groups is 3. The first kappa shape index (κ1) is 16.2. The third-order valence-corrected chi connectivity index (χ3v) is 2.92. The Labute approximate surface area is 116 Å². The van der Waals surface area contributed by atoms with Crippen molar-refractivity contribution in [1.29, 1.82) is 0 Å². The Morgan fingerprint density at radius 1 is 1.15 bits per heavy atom. The van der Waals surface area contributed by atoms with Crippen molar-refractivity contribution in [1.82, 2.24) is 0 Å². The fourth-order valence-electron chi connectivity index (χ4n) is 2.05. The lowest BCUT2D eigenvalue weighted by Crippen LogP contribution is -2.30. The van der Waals surface area contributed by atoms with Crippen LogP contribution in [-0.4, -0.2) is 53.2 Å². The Hall–Kier alpha value is -1.90. The third-order valence-electron chi connectivity index (χ3n) is 2.92. The van der Waals surface area contributed by atoms with E-state index in [1.807, 2.05) is 0 Å². The lowest BCUT2D eigenvalue weighted by Gasteiger charge is -2.24. The van der Waals surface area contributed by atoms with Crippen molar-refractivity contribution in [2.75, 3.05) is 43.5 Å². The lowest BCUT2D eigenvalue weighted by atomic mass is 10.1. The smallest absolute Gasteiger partial charge is 0.297 e. The highest BCUT2D eigenvalue weighted by Crippen LogP contribution is 2.35. The molecule has 0 amide bonds. The summed E-state index contributed by atoms with van der Waals surface area (Å²) in [6.07, 6.45) is 0.140. The van der Waals surface area contributed by atoms with Gasteiger partial charge in [-0.3, -0.25) is 10.1 Å². The molecule has 1 rings (SSSR count). The van der Waals surface area contributed by atoms with E-state index in [0.29, 0.717) is 11.3 Å². The van der Waals surface area contributed by atoms with E-state index in [0.717, 1.165) is 0 Å². The summed E-state index contributed by atoms with van der Waals surface area (Å²) < 4.78 is 0. The van der Waals surface area contributed by atoms with Crippen LogP contribution in [0, 0.1) is 10.1 Å². The number of hydrogen-bond donors (Lipinski definition) is 4. The quantitative estimate of drug-likeness (QED) is 0.287. The lowest BCUT2D eigenvalue weighted by molar-refractivity contribution is -0.384. The fourth-order valence-corrected chi connectivity index (χ4v) is 2.05. The van der Waals surface area contributed by atoms with Gasteiger partial charge in [-0.2, -0.15) is 0 Å². The number of nitro groups is 1. The zero-order valence-electron chi connectivity index (χ0n) is 11.0. The number of anilines is 2. The Morgan fingerprint density at radius 3 is 2.20 bits per heavy atom. The first-order chi connectivity index (χ1) is 9.56. The molecule has 0 radical (unpaired) electrons. The van der Waals surface area contributed by atoms with Crippen LogP contribution >= 0.6 is 0 Å². The van der Waals surface area contributed by atoms with E-state index < -0.39 is 4.92 Å². The molecule has 0 aliphatic heterocycles. The minimum absolute atomic E-state index is 0.0251. The molecule has 0 bridgehead atoms. The average molecular weight is 285 g/mol. The fraction of sp³-hybridized carbons (Fsp3) is 0.500. The number of nitrogen functional groups attached to an aromatic ring is 1. The van der Waals surface area contributed by atoms with Crippen molar-refractivity contribution >= 4 is 17.1 Å². The van der Waals surface area contributed by atoms with Crippen LogP contribution in [0.15, 0.2) is 12.1 Å². The van der Waals surface area contributed by atoms with Gasteiger partial charge in [-0.1, -0.05) is 0 Å². The molecule has 5 N–H and O–H groups in total. The molecule has 1 aromatic carbocycles.